The minimum Gasteiger partial charge on any atom is -0.387 e. The number of anilines is 1. The van der Waals surface area contributed by atoms with Crippen molar-refractivity contribution in [3.05, 3.63) is 36.3 Å². The Hall–Kier alpha value is -1.66. The van der Waals surface area contributed by atoms with Gasteiger partial charge in [0.1, 0.15) is 11.6 Å². The molecule has 0 saturated heterocycles. The van der Waals surface area contributed by atoms with Crippen molar-refractivity contribution in [2.75, 3.05) is 17.6 Å². The van der Waals surface area contributed by atoms with Gasteiger partial charge in [0, 0.05) is 24.1 Å². The number of aryl methyl sites for hydroxylation is 1. The third-order valence-electron chi connectivity index (χ3n) is 4.15. The molecule has 0 aliphatic heterocycles. The highest BCUT2D eigenvalue weighted by atomic mass is 32.2. The van der Waals surface area contributed by atoms with E-state index in [1.54, 1.807) is 6.20 Å². The summed E-state index contributed by atoms with van der Waals surface area (Å²) in [7, 11) is 0. The lowest BCUT2D eigenvalue weighted by molar-refractivity contribution is -0.0120. The van der Waals surface area contributed by atoms with Gasteiger partial charge in [-0.1, -0.05) is 13.0 Å². The zero-order chi connectivity index (χ0) is 16.3. The van der Waals surface area contributed by atoms with Gasteiger partial charge in [-0.15, -0.1) is 0 Å². The minimum absolute atomic E-state index is 0.318. The van der Waals surface area contributed by atoms with Crippen LogP contribution in [-0.2, 0) is 0 Å². The van der Waals surface area contributed by atoms with E-state index in [1.165, 1.54) is 0 Å². The van der Waals surface area contributed by atoms with Gasteiger partial charge < -0.3 is 10.4 Å². The highest BCUT2D eigenvalue weighted by molar-refractivity contribution is 8.00. The standard InChI is InChI=1S/C17H22N4OS/c1-3-23-15-7-8-17(15,22)11-19-16-10-14(20-12(2)21-16)13-6-4-5-9-18-13/h4-6,9-10,15,22H,3,7-8,11H2,1-2H3,(H,19,20,21). The molecular weight excluding hydrogens is 308 g/mol. The molecule has 1 saturated carbocycles. The number of nitrogens with one attached hydrogen (secondary N) is 1. The average Bonchev–Trinajstić information content (AvgIpc) is 2.57. The minimum atomic E-state index is -0.634. The highest BCUT2D eigenvalue weighted by Gasteiger charge is 2.45. The Morgan fingerprint density at radius 1 is 1.35 bits per heavy atom. The Bertz CT molecular complexity index is 667. The molecule has 1 aliphatic carbocycles. The fourth-order valence-corrected chi connectivity index (χ4v) is 3.98. The molecule has 0 bridgehead atoms. The number of hydrogen-bond acceptors (Lipinski definition) is 6. The molecular formula is C17H22N4OS. The lowest BCUT2D eigenvalue weighted by Gasteiger charge is -2.45. The molecule has 2 unspecified atom stereocenters. The first kappa shape index (κ1) is 16.2. The summed E-state index contributed by atoms with van der Waals surface area (Å²) in [5.41, 5.74) is 0.980. The van der Waals surface area contributed by atoms with E-state index in [-0.39, 0.29) is 0 Å². The molecule has 122 valence electrons. The lowest BCUT2D eigenvalue weighted by Crippen LogP contribution is -2.54. The Morgan fingerprint density at radius 3 is 2.87 bits per heavy atom. The number of aliphatic hydroxyl groups is 1. The number of nitrogens with zero attached hydrogens (tertiary/aromatic N) is 3. The van der Waals surface area contributed by atoms with Crippen LogP contribution >= 0.6 is 11.8 Å². The highest BCUT2D eigenvalue weighted by Crippen LogP contribution is 2.41. The maximum atomic E-state index is 10.7. The largest absolute Gasteiger partial charge is 0.387 e. The van der Waals surface area contributed by atoms with Crippen molar-refractivity contribution < 1.29 is 5.11 Å². The van der Waals surface area contributed by atoms with E-state index in [4.69, 9.17) is 0 Å². The number of pyridine rings is 1. The third-order valence-corrected chi connectivity index (χ3v) is 5.56. The Morgan fingerprint density at radius 2 is 2.22 bits per heavy atom. The van der Waals surface area contributed by atoms with Gasteiger partial charge in [0.15, 0.2) is 0 Å². The maximum Gasteiger partial charge on any atom is 0.130 e. The second-order valence-corrected chi connectivity index (χ2v) is 7.32. The molecule has 1 fully saturated rings. The van der Waals surface area contributed by atoms with Gasteiger partial charge in [-0.2, -0.15) is 11.8 Å². The van der Waals surface area contributed by atoms with E-state index in [1.807, 2.05) is 43.0 Å². The van der Waals surface area contributed by atoms with Crippen molar-refractivity contribution in [2.24, 2.45) is 0 Å². The number of hydrogen-bond donors (Lipinski definition) is 2. The fourth-order valence-electron chi connectivity index (χ4n) is 2.78. The molecule has 0 spiro atoms. The van der Waals surface area contributed by atoms with Crippen molar-refractivity contribution in [1.29, 1.82) is 0 Å². The summed E-state index contributed by atoms with van der Waals surface area (Å²) in [6.45, 7) is 4.51. The van der Waals surface area contributed by atoms with Crippen molar-refractivity contribution in [3.8, 4) is 11.4 Å². The molecule has 23 heavy (non-hydrogen) atoms. The number of rotatable bonds is 6. The number of aromatic nitrogens is 3. The quantitative estimate of drug-likeness (QED) is 0.848. The van der Waals surface area contributed by atoms with Gasteiger partial charge in [-0.25, -0.2) is 9.97 Å². The normalized spacial score (nSPS) is 23.3. The predicted molar refractivity (Wildman–Crippen MR) is 94.6 cm³/mol. The molecule has 2 heterocycles. The molecule has 5 nitrogen and oxygen atoms in total. The molecule has 2 aromatic heterocycles. The van der Waals surface area contributed by atoms with Crippen LogP contribution in [0.4, 0.5) is 5.82 Å². The lowest BCUT2D eigenvalue weighted by atomic mass is 9.79. The van der Waals surface area contributed by atoms with E-state index >= 15 is 0 Å². The zero-order valence-electron chi connectivity index (χ0n) is 13.5. The first-order chi connectivity index (χ1) is 11.1. The van der Waals surface area contributed by atoms with Gasteiger partial charge in [-0.05, 0) is 37.7 Å². The summed E-state index contributed by atoms with van der Waals surface area (Å²) in [5, 5.41) is 14.3. The smallest absolute Gasteiger partial charge is 0.130 e. The van der Waals surface area contributed by atoms with Crippen molar-refractivity contribution in [1.82, 2.24) is 15.0 Å². The van der Waals surface area contributed by atoms with Crippen LogP contribution in [-0.4, -0.2) is 43.2 Å². The molecule has 1 aliphatic rings. The van der Waals surface area contributed by atoms with E-state index in [2.05, 4.69) is 27.2 Å². The summed E-state index contributed by atoms with van der Waals surface area (Å²) in [6, 6.07) is 7.64. The van der Waals surface area contributed by atoms with Crippen molar-refractivity contribution in [2.45, 2.75) is 37.5 Å². The fraction of sp³-hybridized carbons (Fsp3) is 0.471. The van der Waals surface area contributed by atoms with E-state index in [0.717, 1.165) is 35.8 Å². The Balaban J connectivity index is 1.73. The molecule has 2 atom stereocenters. The van der Waals surface area contributed by atoms with Gasteiger partial charge in [0.2, 0.25) is 0 Å². The molecule has 6 heteroatoms. The predicted octanol–water partition coefficient (Wildman–Crippen LogP) is 2.91. The van der Waals surface area contributed by atoms with Crippen LogP contribution in [0.5, 0.6) is 0 Å². The summed E-state index contributed by atoms with van der Waals surface area (Å²) in [4.78, 5) is 13.2. The van der Waals surface area contributed by atoms with E-state index in [9.17, 15) is 5.11 Å². The van der Waals surface area contributed by atoms with Crippen LogP contribution in [0, 0.1) is 6.92 Å². The van der Waals surface area contributed by atoms with Crippen molar-refractivity contribution in [3.63, 3.8) is 0 Å². The summed E-state index contributed by atoms with van der Waals surface area (Å²) < 4.78 is 0. The number of thioether (sulfide) groups is 1. The third kappa shape index (κ3) is 3.64. The van der Waals surface area contributed by atoms with Gasteiger partial charge >= 0.3 is 0 Å². The van der Waals surface area contributed by atoms with Crippen LogP contribution in [0.15, 0.2) is 30.5 Å². The maximum absolute atomic E-state index is 10.7. The van der Waals surface area contributed by atoms with Crippen molar-refractivity contribution >= 4 is 17.6 Å². The average molecular weight is 330 g/mol. The Labute approximate surface area is 141 Å². The second kappa shape index (κ2) is 6.84. The second-order valence-electron chi connectivity index (χ2n) is 5.84. The molecule has 2 N–H and O–H groups in total. The van der Waals surface area contributed by atoms with E-state index in [0.29, 0.717) is 17.6 Å². The molecule has 0 amide bonds. The molecule has 0 radical (unpaired) electrons. The van der Waals surface area contributed by atoms with Gasteiger partial charge in [0.25, 0.3) is 0 Å². The van der Waals surface area contributed by atoms with Crippen LogP contribution < -0.4 is 5.32 Å². The first-order valence-electron chi connectivity index (χ1n) is 7.95. The molecule has 0 aromatic carbocycles. The molecule has 2 aromatic rings. The van der Waals surface area contributed by atoms with Crippen LogP contribution in [0.2, 0.25) is 0 Å². The van der Waals surface area contributed by atoms with Crippen LogP contribution in [0.3, 0.4) is 0 Å². The van der Waals surface area contributed by atoms with Crippen LogP contribution in [0.1, 0.15) is 25.6 Å². The zero-order valence-corrected chi connectivity index (χ0v) is 14.3. The molecule has 3 rings (SSSR count). The first-order valence-corrected chi connectivity index (χ1v) is 9.00. The monoisotopic (exact) mass is 330 g/mol. The SMILES string of the molecule is CCSC1CCC1(O)CNc1cc(-c2ccccn2)nc(C)n1. The van der Waals surface area contributed by atoms with Gasteiger partial charge in [-0.3, -0.25) is 4.98 Å². The summed E-state index contributed by atoms with van der Waals surface area (Å²) in [6.07, 6.45) is 3.68. The Kier molecular flexibility index (Phi) is 4.82. The summed E-state index contributed by atoms with van der Waals surface area (Å²) in [5.74, 6) is 2.46. The van der Waals surface area contributed by atoms with E-state index < -0.39 is 5.60 Å². The topological polar surface area (TPSA) is 70.9 Å². The summed E-state index contributed by atoms with van der Waals surface area (Å²) >= 11 is 1.83. The van der Waals surface area contributed by atoms with Crippen LogP contribution in [0.25, 0.3) is 11.4 Å². The van der Waals surface area contributed by atoms with Gasteiger partial charge in [0.05, 0.1) is 17.0 Å².